The smallest absolute Gasteiger partial charge is 0.148 e. The van der Waals surface area contributed by atoms with E-state index in [-0.39, 0.29) is 0 Å². The summed E-state index contributed by atoms with van der Waals surface area (Å²) in [5.41, 5.74) is 1.52. The van der Waals surface area contributed by atoms with Crippen molar-refractivity contribution in [2.75, 3.05) is 6.61 Å². The lowest BCUT2D eigenvalue weighted by atomic mass is 9.73. The van der Waals surface area contributed by atoms with Crippen molar-refractivity contribution in [3.63, 3.8) is 0 Å². The van der Waals surface area contributed by atoms with Gasteiger partial charge in [-0.2, -0.15) is 0 Å². The number of hydrogen-bond donors (Lipinski definition) is 1. The van der Waals surface area contributed by atoms with E-state index in [1.54, 1.807) is 0 Å². The molecule has 0 spiro atoms. The first kappa shape index (κ1) is 16.4. The molecule has 0 aliphatic heterocycles. The zero-order valence-corrected chi connectivity index (χ0v) is 14.5. The van der Waals surface area contributed by atoms with E-state index in [4.69, 9.17) is 11.2 Å². The Balaban J connectivity index is 2.04. The van der Waals surface area contributed by atoms with E-state index in [0.29, 0.717) is 18.1 Å². The lowest BCUT2D eigenvalue weighted by Gasteiger charge is -2.39. The Kier molecular flexibility index (Phi) is 5.72. The van der Waals surface area contributed by atoms with Gasteiger partial charge in [0.25, 0.3) is 0 Å². The van der Waals surface area contributed by atoms with Crippen LogP contribution in [0.1, 0.15) is 45.1 Å². The molecule has 0 aromatic heterocycles. The van der Waals surface area contributed by atoms with Crippen LogP contribution in [0.3, 0.4) is 0 Å². The molecule has 1 aliphatic rings. The van der Waals surface area contributed by atoms with E-state index >= 15 is 0 Å². The molecule has 1 aliphatic carbocycles. The van der Waals surface area contributed by atoms with Crippen molar-refractivity contribution in [3.05, 3.63) is 28.2 Å². The van der Waals surface area contributed by atoms with Crippen LogP contribution in [-0.2, 0) is 6.54 Å². The second-order valence-electron chi connectivity index (χ2n) is 6.41. The number of rotatable bonds is 5. The average molecular weight is 350 g/mol. The molecule has 0 radical (unpaired) electrons. The van der Waals surface area contributed by atoms with Gasteiger partial charge < -0.3 is 10.1 Å². The summed E-state index contributed by atoms with van der Waals surface area (Å²) in [5.74, 6) is 3.39. The Hall–Kier alpha value is -0.980. The van der Waals surface area contributed by atoms with Gasteiger partial charge in [-0.15, -0.1) is 6.42 Å². The van der Waals surface area contributed by atoms with E-state index in [2.05, 4.69) is 47.1 Å². The molecule has 1 saturated carbocycles. The second kappa shape index (κ2) is 7.33. The highest BCUT2D eigenvalue weighted by Crippen LogP contribution is 2.36. The van der Waals surface area contributed by atoms with Crippen molar-refractivity contribution in [3.8, 4) is 18.1 Å². The number of terminal acetylenes is 1. The summed E-state index contributed by atoms with van der Waals surface area (Å²) in [5, 5.41) is 3.72. The van der Waals surface area contributed by atoms with Crippen molar-refractivity contribution in [1.29, 1.82) is 0 Å². The predicted octanol–water partition coefficient (Wildman–Crippen LogP) is 4.52. The molecule has 0 bridgehead atoms. The fourth-order valence-electron chi connectivity index (χ4n) is 3.05. The van der Waals surface area contributed by atoms with Gasteiger partial charge in [0.2, 0.25) is 0 Å². The van der Waals surface area contributed by atoms with Crippen LogP contribution in [0.4, 0.5) is 0 Å². The summed E-state index contributed by atoms with van der Waals surface area (Å²) in [4.78, 5) is 0. The van der Waals surface area contributed by atoms with Gasteiger partial charge in [-0.05, 0) is 36.5 Å². The summed E-state index contributed by atoms with van der Waals surface area (Å²) in [7, 11) is 0. The molecule has 2 rings (SSSR count). The number of nitrogens with one attached hydrogen (secondary N) is 1. The third kappa shape index (κ3) is 4.49. The molecule has 1 fully saturated rings. The Morgan fingerprint density at radius 1 is 1.43 bits per heavy atom. The van der Waals surface area contributed by atoms with Crippen LogP contribution in [0.5, 0.6) is 5.75 Å². The first-order valence-electron chi connectivity index (χ1n) is 7.61. The number of halogens is 1. The van der Waals surface area contributed by atoms with Gasteiger partial charge in [0.15, 0.2) is 0 Å². The molecule has 0 saturated heterocycles. The number of ether oxygens (including phenoxy) is 1. The molecule has 1 aromatic rings. The number of hydrogen-bond acceptors (Lipinski definition) is 2. The minimum absolute atomic E-state index is 0.309. The minimum atomic E-state index is 0.309. The summed E-state index contributed by atoms with van der Waals surface area (Å²) in [6.07, 6.45) is 10.5. The van der Waals surface area contributed by atoms with E-state index in [1.165, 1.54) is 25.7 Å². The average Bonchev–Trinajstić information content (AvgIpc) is 2.44. The Morgan fingerprint density at radius 2 is 2.24 bits per heavy atom. The van der Waals surface area contributed by atoms with Gasteiger partial charge in [0, 0.05) is 22.6 Å². The molecule has 21 heavy (non-hydrogen) atoms. The zero-order chi connectivity index (χ0) is 15.3. The summed E-state index contributed by atoms with van der Waals surface area (Å²) in [6, 6.07) is 6.63. The van der Waals surface area contributed by atoms with Gasteiger partial charge >= 0.3 is 0 Å². The molecule has 114 valence electrons. The first-order valence-corrected chi connectivity index (χ1v) is 8.40. The van der Waals surface area contributed by atoms with Crippen LogP contribution in [0.2, 0.25) is 0 Å². The summed E-state index contributed by atoms with van der Waals surface area (Å²) < 4.78 is 6.70. The Labute approximate surface area is 136 Å². The SMILES string of the molecule is C#CCOc1ccc(Br)cc1CNC1CCCCC1(C)C. The fraction of sp³-hybridized carbons (Fsp3) is 0.556. The fourth-order valence-corrected chi connectivity index (χ4v) is 3.46. The highest BCUT2D eigenvalue weighted by Gasteiger charge is 2.31. The quantitative estimate of drug-likeness (QED) is 0.789. The molecule has 1 atom stereocenters. The molecule has 0 heterocycles. The molecule has 1 N–H and O–H groups in total. The largest absolute Gasteiger partial charge is 0.481 e. The first-order chi connectivity index (χ1) is 10.0. The molecule has 3 heteroatoms. The molecule has 1 unspecified atom stereocenters. The lowest BCUT2D eigenvalue weighted by molar-refractivity contribution is 0.166. The van der Waals surface area contributed by atoms with Crippen LogP contribution in [0.15, 0.2) is 22.7 Å². The van der Waals surface area contributed by atoms with Gasteiger partial charge in [0.05, 0.1) is 0 Å². The Bertz CT molecular complexity index is 518. The molecular formula is C18H24BrNO. The lowest BCUT2D eigenvalue weighted by Crippen LogP contribution is -2.43. The monoisotopic (exact) mass is 349 g/mol. The maximum atomic E-state index is 5.64. The highest BCUT2D eigenvalue weighted by atomic mass is 79.9. The van der Waals surface area contributed by atoms with E-state index < -0.39 is 0 Å². The van der Waals surface area contributed by atoms with Crippen molar-refractivity contribution in [1.82, 2.24) is 5.32 Å². The van der Waals surface area contributed by atoms with E-state index in [9.17, 15) is 0 Å². The minimum Gasteiger partial charge on any atom is -0.481 e. The summed E-state index contributed by atoms with van der Waals surface area (Å²) >= 11 is 3.53. The third-order valence-electron chi connectivity index (χ3n) is 4.38. The van der Waals surface area contributed by atoms with Crippen LogP contribution >= 0.6 is 15.9 Å². The van der Waals surface area contributed by atoms with Crippen LogP contribution < -0.4 is 10.1 Å². The molecule has 0 amide bonds. The van der Waals surface area contributed by atoms with E-state index in [1.807, 2.05) is 12.1 Å². The molecular weight excluding hydrogens is 326 g/mol. The molecule has 1 aromatic carbocycles. The van der Waals surface area contributed by atoms with Gasteiger partial charge in [-0.25, -0.2) is 0 Å². The van der Waals surface area contributed by atoms with Crippen molar-refractivity contribution < 1.29 is 4.74 Å². The van der Waals surface area contributed by atoms with Crippen LogP contribution in [-0.4, -0.2) is 12.6 Å². The third-order valence-corrected chi connectivity index (χ3v) is 4.87. The van der Waals surface area contributed by atoms with Gasteiger partial charge in [-0.1, -0.05) is 48.5 Å². The predicted molar refractivity (Wildman–Crippen MR) is 91.3 cm³/mol. The van der Waals surface area contributed by atoms with Crippen molar-refractivity contribution in [2.24, 2.45) is 5.41 Å². The zero-order valence-electron chi connectivity index (χ0n) is 12.9. The topological polar surface area (TPSA) is 21.3 Å². The van der Waals surface area contributed by atoms with Gasteiger partial charge in [-0.3, -0.25) is 0 Å². The molecule has 2 nitrogen and oxygen atoms in total. The van der Waals surface area contributed by atoms with E-state index in [0.717, 1.165) is 22.3 Å². The normalized spacial score (nSPS) is 20.8. The van der Waals surface area contributed by atoms with Crippen molar-refractivity contribution in [2.45, 2.75) is 52.1 Å². The van der Waals surface area contributed by atoms with Crippen molar-refractivity contribution >= 4 is 15.9 Å². The second-order valence-corrected chi connectivity index (χ2v) is 7.33. The summed E-state index contributed by atoms with van der Waals surface area (Å²) in [6.45, 7) is 5.85. The standard InChI is InChI=1S/C18H24BrNO/c1-4-11-21-16-9-8-15(19)12-14(16)13-20-17-7-5-6-10-18(17,2)3/h1,8-9,12,17,20H,5-7,10-11,13H2,2-3H3. The maximum absolute atomic E-state index is 5.64. The van der Waals surface area contributed by atoms with Crippen LogP contribution in [0, 0.1) is 17.8 Å². The highest BCUT2D eigenvalue weighted by molar-refractivity contribution is 9.10. The number of benzene rings is 1. The Morgan fingerprint density at radius 3 is 2.95 bits per heavy atom. The van der Waals surface area contributed by atoms with Crippen LogP contribution in [0.25, 0.3) is 0 Å². The maximum Gasteiger partial charge on any atom is 0.148 e. The van der Waals surface area contributed by atoms with Gasteiger partial charge in [0.1, 0.15) is 12.4 Å².